The van der Waals surface area contributed by atoms with Crippen LogP contribution in [0.2, 0.25) is 5.02 Å². The van der Waals surface area contributed by atoms with Crippen molar-refractivity contribution in [1.82, 2.24) is 10.4 Å². The van der Waals surface area contributed by atoms with Crippen LogP contribution in [-0.2, 0) is 4.74 Å². The normalized spacial score (nSPS) is 16.8. The Morgan fingerprint density at radius 2 is 2.12 bits per heavy atom. The van der Waals surface area contributed by atoms with Gasteiger partial charge in [-0.15, -0.1) is 0 Å². The largest absolute Gasteiger partial charge is 0.379 e. The molecule has 1 N–H and O–H groups in total. The maximum absolute atomic E-state index is 11.9. The molecule has 1 heterocycles. The molecular weight excluding hydrogens is 307 g/mol. The third kappa shape index (κ3) is 3.42. The zero-order valence-corrected chi connectivity index (χ0v) is 11.4. The lowest BCUT2D eigenvalue weighted by Crippen LogP contribution is -2.48. The van der Waals surface area contributed by atoms with Gasteiger partial charge in [-0.1, -0.05) is 11.6 Å². The summed E-state index contributed by atoms with van der Waals surface area (Å²) in [6.07, 6.45) is 0. The predicted molar refractivity (Wildman–Crippen MR) is 69.0 cm³/mol. The minimum absolute atomic E-state index is 0.135. The van der Waals surface area contributed by atoms with E-state index in [1.54, 1.807) is 18.2 Å². The van der Waals surface area contributed by atoms with Gasteiger partial charge in [0, 0.05) is 23.1 Å². The number of hydrazine groups is 1. The average molecular weight is 320 g/mol. The van der Waals surface area contributed by atoms with Crippen molar-refractivity contribution >= 4 is 33.4 Å². The van der Waals surface area contributed by atoms with Crippen molar-refractivity contribution in [2.45, 2.75) is 0 Å². The van der Waals surface area contributed by atoms with E-state index in [0.717, 1.165) is 0 Å². The number of ether oxygens (including phenoxy) is 1. The highest BCUT2D eigenvalue weighted by Gasteiger charge is 2.14. The first-order valence-corrected chi connectivity index (χ1v) is 6.42. The molecule has 0 spiro atoms. The van der Waals surface area contributed by atoms with Gasteiger partial charge in [-0.05, 0) is 34.1 Å². The first-order chi connectivity index (χ1) is 8.16. The van der Waals surface area contributed by atoms with Crippen molar-refractivity contribution in [3.8, 4) is 0 Å². The van der Waals surface area contributed by atoms with E-state index in [2.05, 4.69) is 21.4 Å². The molecule has 1 saturated heterocycles. The molecule has 1 amide bonds. The molecule has 4 nitrogen and oxygen atoms in total. The van der Waals surface area contributed by atoms with Gasteiger partial charge < -0.3 is 4.74 Å². The van der Waals surface area contributed by atoms with E-state index in [1.807, 2.05) is 5.01 Å². The molecule has 0 aliphatic carbocycles. The summed E-state index contributed by atoms with van der Waals surface area (Å²) in [6.45, 7) is 2.70. The molecule has 0 saturated carbocycles. The van der Waals surface area contributed by atoms with E-state index in [0.29, 0.717) is 41.4 Å². The first kappa shape index (κ1) is 12.8. The average Bonchev–Trinajstić information content (AvgIpc) is 2.34. The fraction of sp³-hybridized carbons (Fsp3) is 0.364. The SMILES string of the molecule is O=C(NN1CCOCC1)c1ccc(Cl)c(Br)c1. The third-order valence-corrected chi connectivity index (χ3v) is 3.67. The summed E-state index contributed by atoms with van der Waals surface area (Å²) in [7, 11) is 0. The molecule has 17 heavy (non-hydrogen) atoms. The van der Waals surface area contributed by atoms with Crippen LogP contribution in [0.15, 0.2) is 22.7 Å². The molecule has 1 aromatic carbocycles. The molecule has 0 radical (unpaired) electrons. The predicted octanol–water partition coefficient (Wildman–Crippen LogP) is 2.08. The van der Waals surface area contributed by atoms with Crippen LogP contribution in [0.3, 0.4) is 0 Å². The number of rotatable bonds is 2. The van der Waals surface area contributed by atoms with Crippen molar-refractivity contribution in [1.29, 1.82) is 0 Å². The maximum Gasteiger partial charge on any atom is 0.265 e. The van der Waals surface area contributed by atoms with Gasteiger partial charge in [0.25, 0.3) is 5.91 Å². The van der Waals surface area contributed by atoms with E-state index in [4.69, 9.17) is 16.3 Å². The highest BCUT2D eigenvalue weighted by atomic mass is 79.9. The lowest BCUT2D eigenvalue weighted by molar-refractivity contribution is 0.0126. The highest BCUT2D eigenvalue weighted by Crippen LogP contribution is 2.23. The number of nitrogens with one attached hydrogen (secondary N) is 1. The summed E-state index contributed by atoms with van der Waals surface area (Å²) in [5.41, 5.74) is 3.41. The van der Waals surface area contributed by atoms with Gasteiger partial charge in [-0.25, -0.2) is 5.01 Å². The zero-order valence-electron chi connectivity index (χ0n) is 9.08. The van der Waals surface area contributed by atoms with Gasteiger partial charge in [0.15, 0.2) is 0 Å². The van der Waals surface area contributed by atoms with Crippen LogP contribution in [0.5, 0.6) is 0 Å². The van der Waals surface area contributed by atoms with Crippen molar-refractivity contribution in [3.63, 3.8) is 0 Å². The van der Waals surface area contributed by atoms with Crippen molar-refractivity contribution < 1.29 is 9.53 Å². The summed E-state index contributed by atoms with van der Waals surface area (Å²) in [4.78, 5) is 11.9. The molecule has 1 aliphatic heterocycles. The van der Waals surface area contributed by atoms with Crippen LogP contribution in [0.4, 0.5) is 0 Å². The number of hydrogen-bond acceptors (Lipinski definition) is 3. The molecule has 6 heteroatoms. The number of carbonyl (C=O) groups excluding carboxylic acids is 1. The number of morpholine rings is 1. The Labute approximate surface area is 113 Å². The lowest BCUT2D eigenvalue weighted by atomic mass is 10.2. The van der Waals surface area contributed by atoms with Crippen LogP contribution in [-0.4, -0.2) is 37.2 Å². The fourth-order valence-corrected chi connectivity index (χ4v) is 2.02. The van der Waals surface area contributed by atoms with Crippen molar-refractivity contribution in [3.05, 3.63) is 33.3 Å². The highest BCUT2D eigenvalue weighted by molar-refractivity contribution is 9.10. The number of carbonyl (C=O) groups is 1. The standard InChI is InChI=1S/C11H12BrClN2O2/c12-9-7-8(1-2-10(9)13)11(16)14-15-3-5-17-6-4-15/h1-2,7H,3-6H2,(H,14,16). The minimum Gasteiger partial charge on any atom is -0.379 e. The van der Waals surface area contributed by atoms with Crippen LogP contribution in [0, 0.1) is 0 Å². The Bertz CT molecular complexity index is 422. The summed E-state index contributed by atoms with van der Waals surface area (Å²) >= 11 is 9.17. The number of benzene rings is 1. The number of nitrogens with zero attached hydrogens (tertiary/aromatic N) is 1. The number of halogens is 2. The van der Waals surface area contributed by atoms with Gasteiger partial charge in [0.1, 0.15) is 0 Å². The second-order valence-corrected chi connectivity index (χ2v) is 4.93. The third-order valence-electron chi connectivity index (χ3n) is 2.45. The molecule has 2 rings (SSSR count). The Hall–Kier alpha value is -0.620. The molecule has 0 unspecified atom stereocenters. The first-order valence-electron chi connectivity index (χ1n) is 5.25. The van der Waals surface area contributed by atoms with Crippen LogP contribution in [0.25, 0.3) is 0 Å². The maximum atomic E-state index is 11.9. The molecule has 1 aliphatic rings. The lowest BCUT2D eigenvalue weighted by Gasteiger charge is -2.26. The van der Waals surface area contributed by atoms with Crippen LogP contribution < -0.4 is 5.43 Å². The van der Waals surface area contributed by atoms with Crippen LogP contribution >= 0.6 is 27.5 Å². The van der Waals surface area contributed by atoms with Gasteiger partial charge in [-0.3, -0.25) is 10.2 Å². The second kappa shape index (κ2) is 5.82. The monoisotopic (exact) mass is 318 g/mol. The van der Waals surface area contributed by atoms with Gasteiger partial charge >= 0.3 is 0 Å². The minimum atomic E-state index is -0.135. The number of hydrogen-bond donors (Lipinski definition) is 1. The molecule has 1 fully saturated rings. The quantitative estimate of drug-likeness (QED) is 0.907. The van der Waals surface area contributed by atoms with Crippen molar-refractivity contribution in [2.24, 2.45) is 0 Å². The Kier molecular flexibility index (Phi) is 4.39. The van der Waals surface area contributed by atoms with Gasteiger partial charge in [0.2, 0.25) is 0 Å². The fourth-order valence-electron chi connectivity index (χ4n) is 1.52. The van der Waals surface area contributed by atoms with Crippen LogP contribution in [0.1, 0.15) is 10.4 Å². The Balaban J connectivity index is 2.01. The number of amides is 1. The van der Waals surface area contributed by atoms with Crippen molar-refractivity contribution in [2.75, 3.05) is 26.3 Å². The van der Waals surface area contributed by atoms with Gasteiger partial charge in [-0.2, -0.15) is 0 Å². The smallest absolute Gasteiger partial charge is 0.265 e. The molecule has 0 aromatic heterocycles. The van der Waals surface area contributed by atoms with E-state index < -0.39 is 0 Å². The summed E-state index contributed by atoms with van der Waals surface area (Å²) < 4.78 is 5.92. The van der Waals surface area contributed by atoms with E-state index in [-0.39, 0.29) is 5.91 Å². The summed E-state index contributed by atoms with van der Waals surface area (Å²) in [5, 5.41) is 2.45. The topological polar surface area (TPSA) is 41.6 Å². The zero-order chi connectivity index (χ0) is 12.3. The molecule has 0 atom stereocenters. The van der Waals surface area contributed by atoms with E-state index in [9.17, 15) is 4.79 Å². The molecule has 1 aromatic rings. The van der Waals surface area contributed by atoms with E-state index in [1.165, 1.54) is 0 Å². The summed E-state index contributed by atoms with van der Waals surface area (Å²) in [5.74, 6) is -0.135. The Morgan fingerprint density at radius 3 is 2.76 bits per heavy atom. The molecule has 92 valence electrons. The summed E-state index contributed by atoms with van der Waals surface area (Å²) in [6, 6.07) is 5.10. The van der Waals surface area contributed by atoms with Gasteiger partial charge in [0.05, 0.1) is 18.2 Å². The molecular formula is C11H12BrClN2O2. The second-order valence-electron chi connectivity index (χ2n) is 3.67. The van der Waals surface area contributed by atoms with E-state index >= 15 is 0 Å². The molecule has 0 bridgehead atoms. The Morgan fingerprint density at radius 1 is 1.41 bits per heavy atom.